The molecule has 1 aliphatic rings. The lowest BCUT2D eigenvalue weighted by molar-refractivity contribution is -0.123. The Labute approximate surface area is 73.3 Å². The number of carbonyl (C=O) groups is 2. The van der Waals surface area contributed by atoms with Crippen LogP contribution in [0.2, 0.25) is 0 Å². The summed E-state index contributed by atoms with van der Waals surface area (Å²) in [4.78, 5) is 21.8. The number of hydrogen-bond acceptors (Lipinski definition) is 3. The van der Waals surface area contributed by atoms with Crippen LogP contribution < -0.4 is 16.8 Å². The first kappa shape index (κ1) is 6.42. The van der Waals surface area contributed by atoms with Crippen molar-refractivity contribution < 1.29 is 12.3 Å². The average Bonchev–Trinajstić information content (AvgIpc) is 2.24. The van der Waals surface area contributed by atoms with Gasteiger partial charge in [0.05, 0.1) is 6.04 Å². The summed E-state index contributed by atoms with van der Waals surface area (Å²) in [5.74, 6) is -1.65. The van der Waals surface area contributed by atoms with Gasteiger partial charge in [0.2, 0.25) is 11.8 Å². The van der Waals surface area contributed by atoms with E-state index < -0.39 is 30.3 Å². The summed E-state index contributed by atoms with van der Waals surface area (Å²) in [5.41, 5.74) is 10.3. The maximum atomic E-state index is 11.2. The Kier molecular flexibility index (Phi) is 1.89. The molecular weight excluding hydrogens is 158 g/mol. The molecule has 0 bridgehead atoms. The minimum atomic E-state index is -1.70. The molecule has 0 aliphatic carbocycles. The second-order valence-corrected chi connectivity index (χ2v) is 2.81. The van der Waals surface area contributed by atoms with Crippen LogP contribution in [0.3, 0.4) is 0 Å². The van der Waals surface area contributed by atoms with E-state index in [4.69, 9.17) is 14.2 Å². The summed E-state index contributed by atoms with van der Waals surface area (Å²) in [6.07, 6.45) is 0.132. The summed E-state index contributed by atoms with van der Waals surface area (Å²) in [6.45, 7) is -1.70. The van der Waals surface area contributed by atoms with E-state index in [-0.39, 0.29) is 12.8 Å². The monoisotopic (exact) mass is 173 g/mol. The first-order valence-electron chi connectivity index (χ1n) is 4.69. The van der Waals surface area contributed by atoms with Crippen LogP contribution in [0.4, 0.5) is 0 Å². The van der Waals surface area contributed by atoms with E-state index in [0.29, 0.717) is 0 Å². The second kappa shape index (κ2) is 3.53. The Morgan fingerprint density at radius 1 is 1.92 bits per heavy atom. The zero-order valence-corrected chi connectivity index (χ0v) is 6.54. The maximum Gasteiger partial charge on any atom is 0.234 e. The number of nitrogens with one attached hydrogen (secondary N) is 1. The fourth-order valence-electron chi connectivity index (χ4n) is 1.07. The molecule has 1 heterocycles. The molecule has 0 spiro atoms. The van der Waals surface area contributed by atoms with Gasteiger partial charge in [-0.25, -0.2) is 0 Å². The molecule has 1 aliphatic heterocycles. The van der Waals surface area contributed by atoms with Gasteiger partial charge in [0.25, 0.3) is 0 Å². The quantitative estimate of drug-likeness (QED) is 0.475. The minimum Gasteiger partial charge on any atom is -0.368 e. The Balaban J connectivity index is 2.55. The summed E-state index contributed by atoms with van der Waals surface area (Å²) in [5, 5.41) is 2.17. The summed E-state index contributed by atoms with van der Waals surface area (Å²) >= 11 is 0. The number of nitrogens with two attached hydrogens (primary N) is 2. The lowest BCUT2D eigenvalue weighted by Gasteiger charge is -2.10. The topological polar surface area (TPSA) is 98.2 Å². The molecule has 0 aromatic rings. The van der Waals surface area contributed by atoms with Gasteiger partial charge in [-0.05, 0) is 12.8 Å². The maximum absolute atomic E-state index is 11.2. The zero-order chi connectivity index (χ0) is 10.9. The molecule has 12 heavy (non-hydrogen) atoms. The van der Waals surface area contributed by atoms with E-state index in [0.717, 1.165) is 0 Å². The summed E-state index contributed by atoms with van der Waals surface area (Å²) < 4.78 is 14.6. The molecule has 0 aromatic heterocycles. The molecule has 5 N–H and O–H groups in total. The highest BCUT2D eigenvalue weighted by Crippen LogP contribution is 2.14. The molecule has 0 aromatic carbocycles. The second-order valence-electron chi connectivity index (χ2n) is 2.81. The molecule has 68 valence electrons. The van der Waals surface area contributed by atoms with Crippen molar-refractivity contribution in [2.75, 3.05) is 6.50 Å². The molecule has 1 rings (SSSR count). The summed E-state index contributed by atoms with van der Waals surface area (Å²) in [7, 11) is 0. The third-order valence-electron chi connectivity index (χ3n) is 1.83. The predicted octanol–water partition coefficient (Wildman–Crippen LogP) is -1.67. The average molecular weight is 173 g/mol. The van der Waals surface area contributed by atoms with Crippen molar-refractivity contribution in [1.29, 1.82) is 0 Å². The zero-order valence-electron chi connectivity index (χ0n) is 8.54. The van der Waals surface area contributed by atoms with Crippen LogP contribution in [-0.4, -0.2) is 24.4 Å². The van der Waals surface area contributed by atoms with Gasteiger partial charge in [0.1, 0.15) is 0 Å². The van der Waals surface area contributed by atoms with Gasteiger partial charge in [0, 0.05) is 15.2 Å². The smallest absolute Gasteiger partial charge is 0.234 e. The van der Waals surface area contributed by atoms with Crippen molar-refractivity contribution in [3.8, 4) is 0 Å². The molecule has 1 fully saturated rings. The lowest BCUT2D eigenvalue weighted by Crippen LogP contribution is -2.39. The molecule has 2 amide bonds. The van der Waals surface area contributed by atoms with Gasteiger partial charge in [-0.15, -0.1) is 0 Å². The van der Waals surface area contributed by atoms with Crippen LogP contribution in [0.25, 0.3) is 0 Å². The van der Waals surface area contributed by atoms with Crippen molar-refractivity contribution in [3.63, 3.8) is 0 Å². The molecular formula is C7H13N3O2. The highest BCUT2D eigenvalue weighted by atomic mass is 16.2. The van der Waals surface area contributed by atoms with Crippen molar-refractivity contribution in [1.82, 2.24) is 5.32 Å². The van der Waals surface area contributed by atoms with Crippen LogP contribution in [-0.2, 0) is 9.59 Å². The van der Waals surface area contributed by atoms with Gasteiger partial charge in [0.15, 0.2) is 0 Å². The van der Waals surface area contributed by atoms with Crippen LogP contribution >= 0.6 is 0 Å². The van der Waals surface area contributed by atoms with Gasteiger partial charge >= 0.3 is 0 Å². The number of carbonyl (C=O) groups excluding carboxylic acids is 2. The van der Waals surface area contributed by atoms with E-state index in [9.17, 15) is 9.59 Å². The largest absolute Gasteiger partial charge is 0.368 e. The Hall–Kier alpha value is -1.10. The van der Waals surface area contributed by atoms with Crippen LogP contribution in [0.1, 0.15) is 15.6 Å². The normalized spacial score (nSPS) is 31.8. The molecule has 0 unspecified atom stereocenters. The molecule has 0 saturated carbocycles. The number of amides is 2. The number of primary amides is 1. The van der Waals surface area contributed by atoms with Crippen molar-refractivity contribution in [3.05, 3.63) is 0 Å². The minimum absolute atomic E-state index is 0.0345. The third kappa shape index (κ3) is 1.94. The first-order valence-corrected chi connectivity index (χ1v) is 3.69. The van der Waals surface area contributed by atoms with E-state index in [1.165, 1.54) is 0 Å². The Morgan fingerprint density at radius 3 is 3.00 bits per heavy atom. The Morgan fingerprint density at radius 2 is 2.58 bits per heavy atom. The molecule has 0 radical (unpaired) electrons. The SMILES string of the molecule is [2H]C1([2H])C[C@@H](C[C@H](N)C(N)=O)C(=O)N1. The molecule has 5 nitrogen and oxygen atoms in total. The number of rotatable bonds is 3. The molecule has 5 heteroatoms. The van der Waals surface area contributed by atoms with Gasteiger partial charge in [-0.2, -0.15) is 0 Å². The molecule has 2 atom stereocenters. The van der Waals surface area contributed by atoms with Crippen molar-refractivity contribution in [2.45, 2.75) is 18.9 Å². The van der Waals surface area contributed by atoms with Crippen LogP contribution in [0.5, 0.6) is 0 Å². The van der Waals surface area contributed by atoms with E-state index in [2.05, 4.69) is 5.32 Å². The number of hydrogen-bond donors (Lipinski definition) is 3. The van der Waals surface area contributed by atoms with Crippen LogP contribution in [0, 0.1) is 5.92 Å². The first-order chi connectivity index (χ1) is 6.32. The van der Waals surface area contributed by atoms with Crippen LogP contribution in [0.15, 0.2) is 0 Å². The highest BCUT2D eigenvalue weighted by Gasteiger charge is 2.27. The highest BCUT2D eigenvalue weighted by molar-refractivity contribution is 5.83. The van der Waals surface area contributed by atoms with Crippen molar-refractivity contribution >= 4 is 11.8 Å². The van der Waals surface area contributed by atoms with Crippen molar-refractivity contribution in [2.24, 2.45) is 17.4 Å². The Bertz CT molecular complexity index is 270. The molecule has 1 saturated heterocycles. The van der Waals surface area contributed by atoms with E-state index in [1.54, 1.807) is 0 Å². The van der Waals surface area contributed by atoms with E-state index >= 15 is 0 Å². The summed E-state index contributed by atoms with van der Waals surface area (Å²) in [6, 6.07) is -0.889. The van der Waals surface area contributed by atoms with E-state index in [1.807, 2.05) is 0 Å². The third-order valence-corrected chi connectivity index (χ3v) is 1.83. The standard InChI is InChI=1S/C7H13N3O2/c8-5(6(9)11)3-4-1-2-10-7(4)12/h4-5H,1-3,8H2,(H2,9,11)(H,10,12)/t4-,5-/m0/s1/i2D2. The fourth-order valence-corrected chi connectivity index (χ4v) is 1.07. The van der Waals surface area contributed by atoms with Gasteiger partial charge < -0.3 is 16.8 Å². The lowest BCUT2D eigenvalue weighted by atomic mass is 9.99. The van der Waals surface area contributed by atoms with Gasteiger partial charge in [-0.1, -0.05) is 0 Å². The fraction of sp³-hybridized carbons (Fsp3) is 0.714. The van der Waals surface area contributed by atoms with Gasteiger partial charge in [-0.3, -0.25) is 9.59 Å². The predicted molar refractivity (Wildman–Crippen MR) is 42.9 cm³/mol.